The second-order valence-corrected chi connectivity index (χ2v) is 6.54. The van der Waals surface area contributed by atoms with Crippen LogP contribution in [0.4, 0.5) is 0 Å². The van der Waals surface area contributed by atoms with Gasteiger partial charge in [-0.25, -0.2) is 0 Å². The van der Waals surface area contributed by atoms with E-state index in [0.29, 0.717) is 30.6 Å². The van der Waals surface area contributed by atoms with E-state index in [1.807, 2.05) is 0 Å². The average molecular weight is 267 g/mol. The van der Waals surface area contributed by atoms with E-state index in [1.165, 1.54) is 19.3 Å². The van der Waals surface area contributed by atoms with E-state index >= 15 is 0 Å². The van der Waals surface area contributed by atoms with Crippen molar-refractivity contribution < 1.29 is 4.79 Å². The lowest BCUT2D eigenvalue weighted by Crippen LogP contribution is -2.51. The molecule has 2 fully saturated rings. The number of nitrogens with zero attached hydrogens (tertiary/aromatic N) is 1. The Morgan fingerprint density at radius 3 is 2.68 bits per heavy atom. The molecule has 2 aliphatic rings. The number of amides is 1. The van der Waals surface area contributed by atoms with Crippen LogP contribution in [0, 0.1) is 5.92 Å². The van der Waals surface area contributed by atoms with E-state index in [4.69, 9.17) is 5.73 Å². The van der Waals surface area contributed by atoms with Crippen molar-refractivity contribution in [2.75, 3.05) is 13.1 Å². The molecule has 2 rings (SSSR count). The zero-order valence-corrected chi connectivity index (χ0v) is 12.4. The fourth-order valence-corrected chi connectivity index (χ4v) is 3.46. The van der Waals surface area contributed by atoms with Gasteiger partial charge in [-0.15, -0.1) is 0 Å². The van der Waals surface area contributed by atoms with Gasteiger partial charge in [0.25, 0.3) is 0 Å². The molecule has 4 nitrogen and oxygen atoms in total. The minimum absolute atomic E-state index is 0.195. The van der Waals surface area contributed by atoms with Gasteiger partial charge in [-0.05, 0) is 38.5 Å². The summed E-state index contributed by atoms with van der Waals surface area (Å²) in [6, 6.07) is 1.13. The third-order valence-electron chi connectivity index (χ3n) is 4.86. The molecule has 3 N–H and O–H groups in total. The van der Waals surface area contributed by atoms with Crippen molar-refractivity contribution >= 4 is 5.91 Å². The Bertz CT molecular complexity index is 308. The van der Waals surface area contributed by atoms with Crippen molar-refractivity contribution in [2.24, 2.45) is 11.7 Å². The van der Waals surface area contributed by atoms with Crippen molar-refractivity contribution in [1.82, 2.24) is 10.2 Å². The second-order valence-electron chi connectivity index (χ2n) is 6.54. The minimum atomic E-state index is 0.195. The fourth-order valence-electron chi connectivity index (χ4n) is 3.46. The molecule has 0 bridgehead atoms. The minimum Gasteiger partial charge on any atom is -0.352 e. The molecule has 1 heterocycles. The molecule has 1 saturated carbocycles. The maximum absolute atomic E-state index is 12.2. The molecule has 0 radical (unpaired) electrons. The Hall–Kier alpha value is -0.610. The number of rotatable bonds is 3. The zero-order valence-electron chi connectivity index (χ0n) is 12.4. The Morgan fingerprint density at radius 1 is 1.26 bits per heavy atom. The van der Waals surface area contributed by atoms with Crippen LogP contribution in [0.3, 0.4) is 0 Å². The van der Waals surface area contributed by atoms with Gasteiger partial charge in [0.1, 0.15) is 0 Å². The number of piperidine rings is 1. The quantitative estimate of drug-likeness (QED) is 0.814. The van der Waals surface area contributed by atoms with Crippen LogP contribution in [-0.4, -0.2) is 42.0 Å². The van der Waals surface area contributed by atoms with Gasteiger partial charge in [0.2, 0.25) is 5.91 Å². The van der Waals surface area contributed by atoms with Crippen LogP contribution in [0.2, 0.25) is 0 Å². The number of nitrogens with two attached hydrogens (primary N) is 1. The molecule has 110 valence electrons. The molecule has 0 aromatic heterocycles. The summed E-state index contributed by atoms with van der Waals surface area (Å²) in [6.45, 7) is 5.93. The normalized spacial score (nSPS) is 37.0. The van der Waals surface area contributed by atoms with E-state index in [-0.39, 0.29) is 5.91 Å². The van der Waals surface area contributed by atoms with Gasteiger partial charge in [-0.2, -0.15) is 0 Å². The third kappa shape index (κ3) is 4.18. The highest BCUT2D eigenvalue weighted by atomic mass is 16.2. The molecule has 1 amide bonds. The van der Waals surface area contributed by atoms with Crippen LogP contribution in [0.25, 0.3) is 0 Å². The molecule has 19 heavy (non-hydrogen) atoms. The smallest absolute Gasteiger partial charge is 0.234 e. The van der Waals surface area contributed by atoms with E-state index in [0.717, 1.165) is 25.8 Å². The lowest BCUT2D eigenvalue weighted by atomic mass is 9.86. The van der Waals surface area contributed by atoms with Gasteiger partial charge in [-0.1, -0.05) is 19.8 Å². The van der Waals surface area contributed by atoms with Gasteiger partial charge in [0, 0.05) is 24.7 Å². The molecule has 4 atom stereocenters. The Labute approximate surface area is 117 Å². The zero-order chi connectivity index (χ0) is 13.8. The summed E-state index contributed by atoms with van der Waals surface area (Å²) in [5, 5.41) is 3.24. The highest BCUT2D eigenvalue weighted by molar-refractivity contribution is 5.78. The molecule has 1 aliphatic carbocycles. The molecule has 0 aromatic rings. The Kier molecular flexibility index (Phi) is 5.22. The first-order chi connectivity index (χ1) is 9.06. The summed E-state index contributed by atoms with van der Waals surface area (Å²) in [4.78, 5) is 14.4. The number of hydrogen-bond donors (Lipinski definition) is 2. The van der Waals surface area contributed by atoms with E-state index < -0.39 is 0 Å². The average Bonchev–Trinajstić information content (AvgIpc) is 2.36. The molecule has 1 saturated heterocycles. The second kappa shape index (κ2) is 6.71. The maximum Gasteiger partial charge on any atom is 0.234 e. The first-order valence-corrected chi connectivity index (χ1v) is 7.85. The number of nitrogens with one attached hydrogen (secondary N) is 1. The molecular formula is C15H29N3O. The van der Waals surface area contributed by atoms with Crippen molar-refractivity contribution in [3.05, 3.63) is 0 Å². The summed E-state index contributed by atoms with van der Waals surface area (Å²) in [7, 11) is 0. The molecular weight excluding hydrogens is 238 g/mol. The van der Waals surface area contributed by atoms with Crippen LogP contribution in [0.1, 0.15) is 52.4 Å². The van der Waals surface area contributed by atoms with E-state index in [2.05, 4.69) is 24.1 Å². The fraction of sp³-hybridized carbons (Fsp3) is 0.933. The van der Waals surface area contributed by atoms with Gasteiger partial charge >= 0.3 is 0 Å². The summed E-state index contributed by atoms with van der Waals surface area (Å²) < 4.78 is 0. The van der Waals surface area contributed by atoms with Crippen molar-refractivity contribution in [2.45, 2.75) is 70.5 Å². The highest BCUT2D eigenvalue weighted by Crippen LogP contribution is 2.23. The van der Waals surface area contributed by atoms with Crippen molar-refractivity contribution in [1.29, 1.82) is 0 Å². The summed E-state index contributed by atoms with van der Waals surface area (Å²) in [5.41, 5.74) is 5.96. The number of carbonyl (C=O) groups excluding carboxylic acids is 1. The van der Waals surface area contributed by atoms with Crippen LogP contribution in [-0.2, 0) is 4.79 Å². The highest BCUT2D eigenvalue weighted by Gasteiger charge is 2.27. The van der Waals surface area contributed by atoms with Crippen molar-refractivity contribution in [3.8, 4) is 0 Å². The van der Waals surface area contributed by atoms with E-state index in [9.17, 15) is 4.79 Å². The number of hydrogen-bond acceptors (Lipinski definition) is 3. The first-order valence-electron chi connectivity index (χ1n) is 7.85. The van der Waals surface area contributed by atoms with Gasteiger partial charge in [-0.3, -0.25) is 9.69 Å². The molecule has 4 heteroatoms. The van der Waals surface area contributed by atoms with Crippen LogP contribution in [0.15, 0.2) is 0 Å². The van der Waals surface area contributed by atoms with Crippen LogP contribution < -0.4 is 11.1 Å². The molecule has 4 unspecified atom stereocenters. The van der Waals surface area contributed by atoms with Gasteiger partial charge in [0.05, 0.1) is 6.54 Å². The van der Waals surface area contributed by atoms with Crippen LogP contribution in [0.5, 0.6) is 0 Å². The third-order valence-corrected chi connectivity index (χ3v) is 4.86. The summed E-state index contributed by atoms with van der Waals surface area (Å²) in [6.07, 6.45) is 6.98. The predicted octanol–water partition coefficient (Wildman–Crippen LogP) is 1.49. The Balaban J connectivity index is 1.77. The largest absolute Gasteiger partial charge is 0.352 e. The molecule has 0 spiro atoms. The first kappa shape index (κ1) is 14.8. The topological polar surface area (TPSA) is 58.4 Å². The number of carbonyl (C=O) groups is 1. The number of likely N-dealkylation sites (tertiary alicyclic amines) is 1. The van der Waals surface area contributed by atoms with Crippen molar-refractivity contribution in [3.63, 3.8) is 0 Å². The summed E-state index contributed by atoms with van der Waals surface area (Å²) in [5.74, 6) is 0.825. The Morgan fingerprint density at radius 2 is 2.00 bits per heavy atom. The predicted molar refractivity (Wildman–Crippen MR) is 77.8 cm³/mol. The SMILES string of the molecule is CC1CCCCC1NC(=O)CN1CCC(N)CC1C. The van der Waals surface area contributed by atoms with Gasteiger partial charge in [0.15, 0.2) is 0 Å². The maximum atomic E-state index is 12.2. The lowest BCUT2D eigenvalue weighted by molar-refractivity contribution is -0.124. The van der Waals surface area contributed by atoms with Crippen LogP contribution >= 0.6 is 0 Å². The van der Waals surface area contributed by atoms with E-state index in [1.54, 1.807) is 0 Å². The summed E-state index contributed by atoms with van der Waals surface area (Å²) >= 11 is 0. The molecule has 0 aromatic carbocycles. The molecule has 1 aliphatic heterocycles. The van der Waals surface area contributed by atoms with Gasteiger partial charge < -0.3 is 11.1 Å². The monoisotopic (exact) mass is 267 g/mol. The standard InChI is InChI=1S/C15H29N3O/c1-11-5-3-4-6-14(11)17-15(19)10-18-8-7-13(16)9-12(18)2/h11-14H,3-10,16H2,1-2H3,(H,17,19). The lowest BCUT2D eigenvalue weighted by Gasteiger charge is -2.36.